The predicted octanol–water partition coefficient (Wildman–Crippen LogP) is 4.38. The normalized spacial score (nSPS) is 12.4. The number of rotatable bonds is 5. The zero-order valence-corrected chi connectivity index (χ0v) is 11.8. The highest BCUT2D eigenvalue weighted by atomic mass is 19.1. The molecule has 2 aromatic rings. The number of hydrogen-bond donors (Lipinski definition) is 1. The summed E-state index contributed by atoms with van der Waals surface area (Å²) in [6.07, 6.45) is 0.945. The van der Waals surface area contributed by atoms with Gasteiger partial charge in [0, 0.05) is 18.2 Å². The van der Waals surface area contributed by atoms with E-state index in [0.717, 1.165) is 6.42 Å². The van der Waals surface area contributed by atoms with Gasteiger partial charge in [-0.3, -0.25) is 0 Å². The van der Waals surface area contributed by atoms with Crippen LogP contribution in [0.3, 0.4) is 0 Å². The van der Waals surface area contributed by atoms with Crippen LogP contribution in [-0.2, 0) is 13.0 Å². The van der Waals surface area contributed by atoms with Crippen molar-refractivity contribution in [2.24, 2.45) is 0 Å². The molecule has 0 radical (unpaired) electrons. The van der Waals surface area contributed by atoms with E-state index in [1.165, 1.54) is 29.3 Å². The molecule has 3 heteroatoms. The van der Waals surface area contributed by atoms with Crippen LogP contribution in [-0.4, -0.2) is 0 Å². The van der Waals surface area contributed by atoms with Crippen molar-refractivity contribution in [1.29, 1.82) is 0 Å². The fourth-order valence-corrected chi connectivity index (χ4v) is 2.36. The Morgan fingerprint density at radius 3 is 2.15 bits per heavy atom. The molecule has 2 rings (SSSR count). The van der Waals surface area contributed by atoms with Crippen LogP contribution in [0.1, 0.15) is 36.6 Å². The summed E-state index contributed by atoms with van der Waals surface area (Å²) in [5.41, 5.74) is 2.52. The average molecular weight is 275 g/mol. The van der Waals surface area contributed by atoms with Crippen molar-refractivity contribution < 1.29 is 8.78 Å². The summed E-state index contributed by atoms with van der Waals surface area (Å²) in [7, 11) is 0. The topological polar surface area (TPSA) is 12.0 Å². The van der Waals surface area contributed by atoms with Gasteiger partial charge >= 0.3 is 0 Å². The Morgan fingerprint density at radius 2 is 1.55 bits per heavy atom. The van der Waals surface area contributed by atoms with Gasteiger partial charge in [-0.25, -0.2) is 8.78 Å². The van der Waals surface area contributed by atoms with Crippen molar-refractivity contribution in [1.82, 2.24) is 5.32 Å². The molecule has 0 amide bonds. The highest BCUT2D eigenvalue weighted by Crippen LogP contribution is 2.21. The molecule has 0 saturated heterocycles. The third-order valence-electron chi connectivity index (χ3n) is 3.53. The van der Waals surface area contributed by atoms with Gasteiger partial charge in [-0.15, -0.1) is 0 Å². The highest BCUT2D eigenvalue weighted by molar-refractivity contribution is 5.28. The fraction of sp³-hybridized carbons (Fsp3) is 0.294. The van der Waals surface area contributed by atoms with Gasteiger partial charge in [0.15, 0.2) is 0 Å². The van der Waals surface area contributed by atoms with E-state index in [-0.39, 0.29) is 11.6 Å². The number of benzene rings is 2. The third kappa shape index (κ3) is 3.23. The number of halogens is 2. The molecule has 0 saturated carbocycles. The SMILES string of the molecule is CCc1ccccc1CNC(C)c1c(F)cccc1F. The van der Waals surface area contributed by atoms with Crippen LogP contribution in [0, 0.1) is 11.6 Å². The summed E-state index contributed by atoms with van der Waals surface area (Å²) in [6, 6.07) is 11.7. The average Bonchev–Trinajstić information content (AvgIpc) is 2.45. The van der Waals surface area contributed by atoms with E-state index in [0.29, 0.717) is 6.54 Å². The van der Waals surface area contributed by atoms with Gasteiger partial charge in [0.05, 0.1) is 0 Å². The maximum absolute atomic E-state index is 13.7. The lowest BCUT2D eigenvalue weighted by atomic mass is 10.0. The van der Waals surface area contributed by atoms with Crippen molar-refractivity contribution in [2.75, 3.05) is 0 Å². The van der Waals surface area contributed by atoms with Gasteiger partial charge in [0.1, 0.15) is 11.6 Å². The molecular weight excluding hydrogens is 256 g/mol. The van der Waals surface area contributed by atoms with Crippen LogP contribution >= 0.6 is 0 Å². The van der Waals surface area contributed by atoms with E-state index in [9.17, 15) is 8.78 Å². The predicted molar refractivity (Wildman–Crippen MR) is 77.4 cm³/mol. The molecule has 0 aliphatic heterocycles. The molecule has 0 fully saturated rings. The van der Waals surface area contributed by atoms with Crippen LogP contribution in [0.5, 0.6) is 0 Å². The number of aryl methyl sites for hydroxylation is 1. The second kappa shape index (κ2) is 6.62. The summed E-state index contributed by atoms with van der Waals surface area (Å²) >= 11 is 0. The largest absolute Gasteiger partial charge is 0.306 e. The third-order valence-corrected chi connectivity index (χ3v) is 3.53. The minimum absolute atomic E-state index is 0.0986. The zero-order valence-electron chi connectivity index (χ0n) is 11.8. The monoisotopic (exact) mass is 275 g/mol. The zero-order chi connectivity index (χ0) is 14.5. The Balaban J connectivity index is 2.11. The van der Waals surface area contributed by atoms with Crippen LogP contribution in [0.25, 0.3) is 0 Å². The van der Waals surface area contributed by atoms with Crippen molar-refractivity contribution in [2.45, 2.75) is 32.9 Å². The van der Waals surface area contributed by atoms with Gasteiger partial charge in [0.25, 0.3) is 0 Å². The van der Waals surface area contributed by atoms with Crippen LogP contribution < -0.4 is 5.32 Å². The van der Waals surface area contributed by atoms with Gasteiger partial charge in [-0.05, 0) is 36.6 Å². The Labute approximate surface area is 118 Å². The minimum Gasteiger partial charge on any atom is -0.306 e. The molecule has 0 spiro atoms. The summed E-state index contributed by atoms with van der Waals surface area (Å²) in [5, 5.41) is 3.19. The van der Waals surface area contributed by atoms with Crippen LogP contribution in [0.15, 0.2) is 42.5 Å². The van der Waals surface area contributed by atoms with E-state index >= 15 is 0 Å². The molecule has 1 atom stereocenters. The van der Waals surface area contributed by atoms with Gasteiger partial charge < -0.3 is 5.32 Å². The molecule has 0 aliphatic carbocycles. The first kappa shape index (κ1) is 14.7. The number of hydrogen-bond acceptors (Lipinski definition) is 1. The molecule has 1 N–H and O–H groups in total. The summed E-state index contributed by atoms with van der Waals surface area (Å²) in [6.45, 7) is 4.47. The lowest BCUT2D eigenvalue weighted by Gasteiger charge is -2.17. The lowest BCUT2D eigenvalue weighted by Crippen LogP contribution is -2.21. The van der Waals surface area contributed by atoms with E-state index < -0.39 is 11.6 Å². The molecule has 0 heterocycles. The van der Waals surface area contributed by atoms with Gasteiger partial charge in [-0.1, -0.05) is 37.3 Å². The first-order valence-electron chi connectivity index (χ1n) is 6.87. The molecule has 1 nitrogen and oxygen atoms in total. The summed E-state index contributed by atoms with van der Waals surface area (Å²) in [5.74, 6) is -1.01. The Kier molecular flexibility index (Phi) is 4.85. The van der Waals surface area contributed by atoms with E-state index in [1.807, 2.05) is 18.2 Å². The standard InChI is InChI=1S/C17H19F2N/c1-3-13-7-4-5-8-14(13)11-20-12(2)17-15(18)9-6-10-16(17)19/h4-10,12,20H,3,11H2,1-2H3. The first-order chi connectivity index (χ1) is 9.63. The maximum Gasteiger partial charge on any atom is 0.130 e. The quantitative estimate of drug-likeness (QED) is 0.854. The van der Waals surface area contributed by atoms with Gasteiger partial charge in [0.2, 0.25) is 0 Å². The molecule has 20 heavy (non-hydrogen) atoms. The van der Waals surface area contributed by atoms with Crippen molar-refractivity contribution in [3.8, 4) is 0 Å². The second-order valence-electron chi connectivity index (χ2n) is 4.86. The molecular formula is C17H19F2N. The van der Waals surface area contributed by atoms with Crippen molar-refractivity contribution in [3.05, 3.63) is 70.8 Å². The fourth-order valence-electron chi connectivity index (χ4n) is 2.36. The second-order valence-corrected chi connectivity index (χ2v) is 4.86. The smallest absolute Gasteiger partial charge is 0.130 e. The van der Waals surface area contributed by atoms with Crippen LogP contribution in [0.4, 0.5) is 8.78 Å². The van der Waals surface area contributed by atoms with E-state index in [1.54, 1.807) is 6.92 Å². The summed E-state index contributed by atoms with van der Waals surface area (Å²) < 4.78 is 27.4. The van der Waals surface area contributed by atoms with Crippen LogP contribution in [0.2, 0.25) is 0 Å². The van der Waals surface area contributed by atoms with E-state index in [2.05, 4.69) is 18.3 Å². The Hall–Kier alpha value is -1.74. The molecule has 2 aromatic carbocycles. The first-order valence-corrected chi connectivity index (χ1v) is 6.87. The van der Waals surface area contributed by atoms with Crippen molar-refractivity contribution in [3.63, 3.8) is 0 Å². The lowest BCUT2D eigenvalue weighted by molar-refractivity contribution is 0.487. The summed E-state index contributed by atoms with van der Waals surface area (Å²) in [4.78, 5) is 0. The number of nitrogens with one attached hydrogen (secondary N) is 1. The Morgan fingerprint density at radius 1 is 0.950 bits per heavy atom. The van der Waals surface area contributed by atoms with Gasteiger partial charge in [-0.2, -0.15) is 0 Å². The minimum atomic E-state index is -0.506. The molecule has 0 aromatic heterocycles. The molecule has 1 unspecified atom stereocenters. The van der Waals surface area contributed by atoms with E-state index in [4.69, 9.17) is 0 Å². The molecule has 0 bridgehead atoms. The maximum atomic E-state index is 13.7. The molecule has 106 valence electrons. The highest BCUT2D eigenvalue weighted by Gasteiger charge is 2.15. The Bertz CT molecular complexity index is 561. The molecule has 0 aliphatic rings. The van der Waals surface area contributed by atoms with Crippen molar-refractivity contribution >= 4 is 0 Å².